The van der Waals surface area contributed by atoms with Gasteiger partial charge in [-0.2, -0.15) is 10.4 Å². The minimum absolute atomic E-state index is 0.205. The minimum atomic E-state index is -1.39. The standard InChI is InChI=1S/C19H20BrFN4O4/c1-19(9-8-11-2-7-15(26)14(21)10-11)16(27)25(18(29)23-19)24-17(28)22-13-5-3-12(20)4-6-13/h2-7,10,17,22,24,26,28H,8-9H2,1H3,(H,23,29). The molecule has 1 fully saturated rings. The number of rotatable bonds is 7. The number of phenolic OH excluding ortho intramolecular Hbond substituents is 1. The summed E-state index contributed by atoms with van der Waals surface area (Å²) >= 11 is 3.30. The Labute approximate surface area is 174 Å². The van der Waals surface area contributed by atoms with Crippen molar-refractivity contribution in [3.63, 3.8) is 0 Å². The number of carbonyl (C=O) groups is 2. The normalized spacial score (nSPS) is 19.9. The van der Waals surface area contributed by atoms with E-state index >= 15 is 0 Å². The van der Waals surface area contributed by atoms with Crippen molar-refractivity contribution in [3.05, 3.63) is 58.3 Å². The number of urea groups is 1. The monoisotopic (exact) mass is 466 g/mol. The van der Waals surface area contributed by atoms with Crippen molar-refractivity contribution in [1.29, 1.82) is 0 Å². The lowest BCUT2D eigenvalue weighted by Crippen LogP contribution is -2.52. The van der Waals surface area contributed by atoms with Gasteiger partial charge in [0.15, 0.2) is 17.9 Å². The molecular formula is C19H20BrFN4O4. The fourth-order valence-electron chi connectivity index (χ4n) is 2.93. The topological polar surface area (TPSA) is 114 Å². The second-order valence-electron chi connectivity index (χ2n) is 6.87. The number of nitrogens with zero attached hydrogens (tertiary/aromatic N) is 1. The maximum Gasteiger partial charge on any atom is 0.339 e. The highest BCUT2D eigenvalue weighted by atomic mass is 79.9. The Morgan fingerprint density at radius 1 is 1.24 bits per heavy atom. The van der Waals surface area contributed by atoms with Gasteiger partial charge in [-0.3, -0.25) is 4.79 Å². The third-order valence-electron chi connectivity index (χ3n) is 4.59. The number of phenols is 1. The zero-order chi connectivity index (χ0) is 21.2. The van der Waals surface area contributed by atoms with Gasteiger partial charge in [0.2, 0.25) is 0 Å². The van der Waals surface area contributed by atoms with Gasteiger partial charge >= 0.3 is 6.03 Å². The lowest BCUT2D eigenvalue weighted by Gasteiger charge is -2.23. The number of hydrogen-bond donors (Lipinski definition) is 5. The molecule has 2 aromatic carbocycles. The van der Waals surface area contributed by atoms with E-state index in [9.17, 15) is 24.2 Å². The van der Waals surface area contributed by atoms with Crippen LogP contribution in [-0.2, 0) is 11.2 Å². The number of aromatic hydroxyl groups is 1. The maximum atomic E-state index is 13.5. The van der Waals surface area contributed by atoms with Crippen LogP contribution in [0.15, 0.2) is 46.9 Å². The second-order valence-corrected chi connectivity index (χ2v) is 7.79. The van der Waals surface area contributed by atoms with Crippen molar-refractivity contribution >= 4 is 33.6 Å². The molecule has 5 N–H and O–H groups in total. The summed E-state index contributed by atoms with van der Waals surface area (Å²) in [6, 6.07) is 10.2. The largest absolute Gasteiger partial charge is 0.505 e. The Bertz CT molecular complexity index is 927. The Morgan fingerprint density at radius 2 is 1.93 bits per heavy atom. The van der Waals surface area contributed by atoms with Gasteiger partial charge in [-0.25, -0.2) is 9.18 Å². The van der Waals surface area contributed by atoms with Crippen molar-refractivity contribution in [1.82, 2.24) is 15.8 Å². The number of aliphatic hydroxyl groups excluding tert-OH is 1. The van der Waals surface area contributed by atoms with Gasteiger partial charge in [0.1, 0.15) is 5.54 Å². The van der Waals surface area contributed by atoms with E-state index < -0.39 is 35.4 Å². The number of nitrogens with one attached hydrogen (secondary N) is 3. The summed E-state index contributed by atoms with van der Waals surface area (Å²) in [5.74, 6) is -1.77. The highest BCUT2D eigenvalue weighted by Crippen LogP contribution is 2.24. The summed E-state index contributed by atoms with van der Waals surface area (Å²) < 4.78 is 14.3. The molecule has 29 heavy (non-hydrogen) atoms. The first-order valence-electron chi connectivity index (χ1n) is 8.78. The van der Waals surface area contributed by atoms with Crippen LogP contribution in [0.3, 0.4) is 0 Å². The number of carbonyl (C=O) groups excluding carboxylic acids is 2. The van der Waals surface area contributed by atoms with Crippen LogP contribution in [0.2, 0.25) is 0 Å². The van der Waals surface area contributed by atoms with Crippen LogP contribution in [0.1, 0.15) is 18.9 Å². The molecule has 0 saturated carbocycles. The fraction of sp³-hybridized carbons (Fsp3) is 0.263. The number of aryl methyl sites for hydroxylation is 1. The predicted octanol–water partition coefficient (Wildman–Crippen LogP) is 2.43. The average Bonchev–Trinajstić information content (AvgIpc) is 2.88. The molecule has 1 saturated heterocycles. The van der Waals surface area contributed by atoms with Crippen molar-refractivity contribution in [3.8, 4) is 5.75 Å². The quantitative estimate of drug-likeness (QED) is 0.316. The molecule has 2 unspecified atom stereocenters. The molecule has 8 nitrogen and oxygen atoms in total. The number of hydrogen-bond acceptors (Lipinski definition) is 6. The maximum absolute atomic E-state index is 13.5. The lowest BCUT2D eigenvalue weighted by molar-refractivity contribution is -0.135. The van der Waals surface area contributed by atoms with Crippen molar-refractivity contribution in [2.75, 3.05) is 5.32 Å². The molecule has 0 aromatic heterocycles. The van der Waals surface area contributed by atoms with Crippen LogP contribution in [0.5, 0.6) is 5.75 Å². The van der Waals surface area contributed by atoms with E-state index in [2.05, 4.69) is 32.0 Å². The zero-order valence-electron chi connectivity index (χ0n) is 15.4. The van der Waals surface area contributed by atoms with Crippen LogP contribution >= 0.6 is 15.9 Å². The van der Waals surface area contributed by atoms with Crippen molar-refractivity contribution < 1.29 is 24.2 Å². The van der Waals surface area contributed by atoms with E-state index in [1.165, 1.54) is 12.1 Å². The van der Waals surface area contributed by atoms with Crippen molar-refractivity contribution in [2.45, 2.75) is 31.7 Å². The van der Waals surface area contributed by atoms with Gasteiger partial charge in [0.25, 0.3) is 5.91 Å². The van der Waals surface area contributed by atoms with Gasteiger partial charge < -0.3 is 20.8 Å². The molecule has 0 aliphatic carbocycles. The number of imide groups is 1. The summed E-state index contributed by atoms with van der Waals surface area (Å²) in [4.78, 5) is 25.0. The average molecular weight is 467 g/mol. The molecule has 2 atom stereocenters. The van der Waals surface area contributed by atoms with Crippen LogP contribution < -0.4 is 16.1 Å². The summed E-state index contributed by atoms with van der Waals surface area (Å²) in [6.45, 7) is 1.56. The third kappa shape index (κ3) is 4.84. The number of hydrazine groups is 1. The van der Waals surface area contributed by atoms with E-state index in [1.54, 1.807) is 37.3 Å². The first-order valence-corrected chi connectivity index (χ1v) is 9.58. The Morgan fingerprint density at radius 3 is 2.59 bits per heavy atom. The first kappa shape index (κ1) is 21.0. The van der Waals surface area contributed by atoms with Gasteiger partial charge in [-0.15, -0.1) is 0 Å². The molecule has 1 heterocycles. The van der Waals surface area contributed by atoms with Crippen LogP contribution in [0.4, 0.5) is 14.9 Å². The summed E-state index contributed by atoms with van der Waals surface area (Å²) in [5.41, 5.74) is 2.35. The molecule has 3 amide bonds. The van der Waals surface area contributed by atoms with Crippen LogP contribution in [0, 0.1) is 5.82 Å². The molecule has 0 bridgehead atoms. The minimum Gasteiger partial charge on any atom is -0.505 e. The molecule has 10 heteroatoms. The number of amides is 3. The Hall–Kier alpha value is -2.69. The smallest absolute Gasteiger partial charge is 0.339 e. The van der Waals surface area contributed by atoms with Gasteiger partial charge in [-0.05, 0) is 61.7 Å². The highest BCUT2D eigenvalue weighted by molar-refractivity contribution is 9.10. The zero-order valence-corrected chi connectivity index (χ0v) is 17.0. The highest BCUT2D eigenvalue weighted by Gasteiger charge is 2.48. The van der Waals surface area contributed by atoms with Gasteiger partial charge in [-0.1, -0.05) is 22.0 Å². The predicted molar refractivity (Wildman–Crippen MR) is 107 cm³/mol. The summed E-state index contributed by atoms with van der Waals surface area (Å²) in [5, 5.41) is 25.4. The van der Waals surface area contributed by atoms with Crippen LogP contribution in [0.25, 0.3) is 0 Å². The molecule has 1 aliphatic heterocycles. The van der Waals surface area contributed by atoms with Crippen molar-refractivity contribution in [2.24, 2.45) is 0 Å². The molecule has 0 spiro atoms. The SMILES string of the molecule is CC1(CCc2ccc(O)c(F)c2)NC(=O)N(NC(O)Nc2ccc(Br)cc2)C1=O. The van der Waals surface area contributed by atoms with E-state index in [0.29, 0.717) is 22.7 Å². The number of halogens is 2. The molecule has 1 aliphatic rings. The summed E-state index contributed by atoms with van der Waals surface area (Å²) in [7, 11) is 0. The number of benzene rings is 2. The molecular weight excluding hydrogens is 447 g/mol. The first-order chi connectivity index (χ1) is 13.7. The van der Waals surface area contributed by atoms with Crippen LogP contribution in [-0.4, -0.2) is 39.1 Å². The van der Waals surface area contributed by atoms with Gasteiger partial charge in [0, 0.05) is 10.2 Å². The van der Waals surface area contributed by atoms with E-state index in [-0.39, 0.29) is 6.42 Å². The molecule has 154 valence electrons. The number of anilines is 1. The number of aliphatic hydroxyl groups is 1. The second kappa shape index (κ2) is 8.36. The summed E-state index contributed by atoms with van der Waals surface area (Å²) in [6.07, 6.45) is -0.886. The Balaban J connectivity index is 1.61. The lowest BCUT2D eigenvalue weighted by atomic mass is 9.93. The van der Waals surface area contributed by atoms with Gasteiger partial charge in [0.05, 0.1) is 0 Å². The van der Waals surface area contributed by atoms with E-state index in [1.807, 2.05) is 0 Å². The van der Waals surface area contributed by atoms with E-state index in [0.717, 1.165) is 4.47 Å². The fourth-order valence-corrected chi connectivity index (χ4v) is 3.19. The Kier molecular flexibility index (Phi) is 6.06. The van der Waals surface area contributed by atoms with E-state index in [4.69, 9.17) is 0 Å². The molecule has 0 radical (unpaired) electrons. The molecule has 2 aromatic rings. The molecule has 3 rings (SSSR count). The third-order valence-corrected chi connectivity index (χ3v) is 5.11.